The molecular weight excluding hydrogens is 1870 g/mol. The molecule has 0 amide bonds. The Balaban J connectivity index is -0.000000127. The first-order valence-corrected chi connectivity index (χ1v) is 64.1. The number of rotatable bonds is 52. The maximum absolute atomic E-state index is 11.4. The van der Waals surface area contributed by atoms with Gasteiger partial charge in [-0.05, 0) is 65.0 Å². The molecule has 1 aromatic rings. The van der Waals surface area contributed by atoms with Crippen LogP contribution in [0.2, 0.25) is 0 Å². The highest BCUT2D eigenvalue weighted by Crippen LogP contribution is 2.48. The van der Waals surface area contributed by atoms with Crippen molar-refractivity contribution in [3.8, 4) is 0 Å². The number of nitrogens with two attached hydrogens (primary N) is 2. The minimum atomic E-state index is -3.06. The van der Waals surface area contributed by atoms with E-state index in [-0.39, 0.29) is 107 Å². The van der Waals surface area contributed by atoms with Gasteiger partial charge in [0, 0.05) is 148 Å². The van der Waals surface area contributed by atoms with Crippen LogP contribution in [-0.4, -0.2) is 377 Å². The van der Waals surface area contributed by atoms with Crippen LogP contribution < -0.4 is 21.2 Å². The average molecular weight is 2050 g/mol. The summed E-state index contributed by atoms with van der Waals surface area (Å²) in [6.07, 6.45) is 5.26. The van der Waals surface area contributed by atoms with Gasteiger partial charge in [0.05, 0.1) is 198 Å². The second kappa shape index (κ2) is 99.0. The topological polar surface area (TPSA) is 588 Å². The first-order valence-electron chi connectivity index (χ1n) is 39.9. The molecule has 3 rings (SSSR count). The molecule has 2 fully saturated rings. The molecule has 2 saturated heterocycles. The van der Waals surface area contributed by atoms with E-state index in [9.17, 15) is 50.2 Å². The van der Waals surface area contributed by atoms with E-state index in [1.807, 2.05) is 44.2 Å². The lowest BCUT2D eigenvalue weighted by Gasteiger charge is -2.18. The number of ether oxygens (including phenoxy) is 8. The Morgan fingerprint density at radius 2 is 0.608 bits per heavy atom. The second-order valence-corrected chi connectivity index (χ2v) is 52.0. The zero-order valence-corrected chi connectivity index (χ0v) is 88.7. The first kappa shape index (κ1) is 148. The summed E-state index contributed by atoms with van der Waals surface area (Å²) >= 11 is 0. The number of methoxy groups -OCH3 is 4. The molecule has 6 unspecified atom stereocenters. The predicted octanol–water partition coefficient (Wildman–Crippen LogP) is 13.0. The molecule has 0 aliphatic carbocycles. The van der Waals surface area contributed by atoms with Gasteiger partial charge in [-0.1, -0.05) is 58.5 Å². The SMILES string of the molecule is C.CCCO.CCCOC.CCNP(C)(C)=O.CCOP(C)(=O)OCCO.CCOP(C)(=O)OCCOCCO.CCOP(C)(=O)OCCOCCOC.COCCNP(C)(C)=O.COCCOCCOP(C)(=O)OCCO.CP(=O)(OCCO)OCCOCCO.CP(C)(N)=O.CP(N)(=O)Cc1ccccc1.CP1(=O)OCCCCO1.CP1(=O)OCCCO1. The van der Waals surface area contributed by atoms with Crippen LogP contribution in [0.5, 0.6) is 0 Å². The molecule has 43 nitrogen and oxygen atoms in total. The normalized spacial score (nSPS) is 15.9. The fourth-order valence-corrected chi connectivity index (χ4v) is 15.6. The molecule has 54 heteroatoms. The van der Waals surface area contributed by atoms with E-state index in [0.29, 0.717) is 118 Å². The average Bonchev–Trinajstić information content (AvgIpc) is 1.04. The van der Waals surface area contributed by atoms with Gasteiger partial charge in [0.15, 0.2) is 0 Å². The molecule has 0 bridgehead atoms. The van der Waals surface area contributed by atoms with Crippen molar-refractivity contribution in [2.24, 2.45) is 11.0 Å². The van der Waals surface area contributed by atoms with E-state index < -0.39 is 82.3 Å². The van der Waals surface area contributed by atoms with Gasteiger partial charge in [-0.15, -0.1) is 0 Å². The summed E-state index contributed by atoms with van der Waals surface area (Å²) in [4.78, 5) is 0. The largest absolute Gasteiger partial charge is 0.396 e. The molecule has 0 aromatic heterocycles. The first-order chi connectivity index (χ1) is 57.5. The minimum absolute atomic E-state index is 0. The number of aliphatic hydroxyl groups is 6. The molecule has 0 spiro atoms. The van der Waals surface area contributed by atoms with Crippen LogP contribution in [0.4, 0.5) is 0 Å². The van der Waals surface area contributed by atoms with Gasteiger partial charge < -0.3 is 150 Å². The fourth-order valence-electron chi connectivity index (χ4n) is 6.59. The van der Waals surface area contributed by atoms with Crippen LogP contribution in [-0.2, 0) is 158 Å². The molecule has 1 aromatic carbocycles. The Morgan fingerprint density at radius 1 is 0.352 bits per heavy atom. The van der Waals surface area contributed by atoms with E-state index in [2.05, 4.69) is 17.1 Å². The number of nitrogens with one attached hydrogen (secondary N) is 2. The zero-order chi connectivity index (χ0) is 97.9. The maximum atomic E-state index is 11.4. The van der Waals surface area contributed by atoms with Crippen LogP contribution in [0.15, 0.2) is 30.3 Å². The monoisotopic (exact) mass is 2050 g/mol. The maximum Gasteiger partial charge on any atom is 0.327 e. The quantitative estimate of drug-likeness (QED) is 0.0214. The predicted molar refractivity (Wildman–Crippen MR) is 502 cm³/mol. The molecule has 2 aliphatic rings. The molecule has 6 atom stereocenters. The smallest absolute Gasteiger partial charge is 0.327 e. The van der Waals surface area contributed by atoms with Crippen molar-refractivity contribution in [2.45, 2.75) is 87.2 Å². The van der Waals surface area contributed by atoms with E-state index in [4.69, 9.17) is 143 Å². The van der Waals surface area contributed by atoms with Gasteiger partial charge in [0.2, 0.25) is 0 Å². The standard InChI is InChI=1S/C8H12NOP.C8H19O6P.C8H19O5P.C7H17O6P.C7H17O5P.C5H14NO2P.C5H13O4P.C5H11O3P.C4H12NOP.C4H9O3P.C4H10O.C3H8O.C2H8NOP.CH4/c1-11(9,10)7-8-5-3-2-4-6-8;1-11-5-6-12-7-8-14-15(2,10)13-4-3-9;1-4-12-14(3,9)13-8-7-11-6-5-10-2;1-14(10,12-5-3-9)13-7-6-11-4-2-8;1-3-11-13(2,9)12-7-6-10-5-4-8;1-8-5-4-6-9(2,3)7;1-3-8-10(2,7)9-5-4-6;1-9(6)7-4-2-3-5-8-9;1-4-5-7(2,3)6;1-8(5)6-3-2-4-7-8;1-3-4-5-2;1-2-3-4;1-5(2,3)4;/h2-6H,7H2,1H3,(H2,9,10);9H,3-8H2,1-2H3;4-8H2,1-3H3;8-9H,2-7H2,1H3;8H,3-7H2,1-2H3;4-5H2,1-3H3,(H,6,7);6H,3-5H2,1-2H3;2-5H2,1H3;4H2,1-3H3,(H,5,6);2-4H2,1H3;3-4H2,1-2H3;4H,2-3H2,1H3;1-2H3,(H2,3,4);1H4. The van der Waals surface area contributed by atoms with Gasteiger partial charge in [-0.2, -0.15) is 0 Å². The molecule has 2 aliphatic heterocycles. The summed E-state index contributed by atoms with van der Waals surface area (Å²) in [5.74, 6) is 0. The summed E-state index contributed by atoms with van der Waals surface area (Å²) in [5.41, 5.74) is 11.4. The van der Waals surface area contributed by atoms with E-state index >= 15 is 0 Å². The molecular formula is C71H173N4O39P11. The van der Waals surface area contributed by atoms with Gasteiger partial charge in [-0.25, -0.2) is 0 Å². The van der Waals surface area contributed by atoms with Crippen molar-refractivity contribution in [1.29, 1.82) is 0 Å². The summed E-state index contributed by atoms with van der Waals surface area (Å²) in [6, 6.07) is 9.64. The lowest BCUT2D eigenvalue weighted by Crippen LogP contribution is -2.14. The number of hydrogen-bond acceptors (Lipinski definition) is 39. The van der Waals surface area contributed by atoms with Crippen LogP contribution in [0.25, 0.3) is 0 Å². The summed E-state index contributed by atoms with van der Waals surface area (Å²) < 4.78 is 228. The number of aliphatic hydroxyl groups excluding tert-OH is 6. The van der Waals surface area contributed by atoms with Crippen LogP contribution in [0, 0.1) is 0 Å². The molecule has 2 heterocycles. The van der Waals surface area contributed by atoms with Gasteiger partial charge in [-0.3, -0.25) is 53.1 Å². The van der Waals surface area contributed by atoms with Crippen molar-refractivity contribution >= 4 is 82.3 Å². The molecule has 0 saturated carbocycles. The third kappa shape index (κ3) is 159. The molecule has 12 N–H and O–H groups in total. The van der Waals surface area contributed by atoms with E-state index in [1.165, 1.54) is 60.0 Å². The Kier molecular flexibility index (Phi) is 117. The highest BCUT2D eigenvalue weighted by atomic mass is 31.2. The zero-order valence-electron chi connectivity index (χ0n) is 78.9. The van der Waals surface area contributed by atoms with Crippen molar-refractivity contribution < 1.29 is 182 Å². The van der Waals surface area contributed by atoms with Crippen molar-refractivity contribution in [3.63, 3.8) is 0 Å². The summed E-state index contributed by atoms with van der Waals surface area (Å²) in [7, 11) is -21.9. The third-order valence-corrected chi connectivity index (χ3v) is 23.7. The van der Waals surface area contributed by atoms with Crippen LogP contribution >= 0.6 is 82.3 Å². The highest BCUT2D eigenvalue weighted by molar-refractivity contribution is 7.61. The summed E-state index contributed by atoms with van der Waals surface area (Å²) in [5, 5.41) is 55.5. The van der Waals surface area contributed by atoms with E-state index in [1.54, 1.807) is 82.5 Å². The van der Waals surface area contributed by atoms with Crippen LogP contribution in [0.3, 0.4) is 0 Å². The Bertz CT molecular complexity index is 2960. The Morgan fingerprint density at radius 3 is 0.816 bits per heavy atom. The molecule has 125 heavy (non-hydrogen) atoms. The van der Waals surface area contributed by atoms with Crippen molar-refractivity contribution in [2.75, 3.05) is 346 Å². The lowest BCUT2D eigenvalue weighted by atomic mass is 10.2. The van der Waals surface area contributed by atoms with Gasteiger partial charge >= 0.3 is 53.2 Å². The second-order valence-electron chi connectivity index (χ2n) is 26.0. The molecule has 0 radical (unpaired) electrons. The highest BCUT2D eigenvalue weighted by Gasteiger charge is 2.22. The van der Waals surface area contributed by atoms with Crippen molar-refractivity contribution in [1.82, 2.24) is 10.2 Å². The van der Waals surface area contributed by atoms with Crippen LogP contribution in [0.1, 0.15) is 86.6 Å². The summed E-state index contributed by atoms with van der Waals surface area (Å²) in [6.45, 7) is 43.5. The van der Waals surface area contributed by atoms with Gasteiger partial charge in [0.25, 0.3) is 0 Å². The van der Waals surface area contributed by atoms with Crippen molar-refractivity contribution in [3.05, 3.63) is 35.9 Å². The number of benzene rings is 1. The number of hydrogen-bond donors (Lipinski definition) is 10. The fraction of sp³-hybridized carbons (Fsp3) is 0.915. The Labute approximate surface area is 751 Å². The van der Waals surface area contributed by atoms with E-state index in [0.717, 1.165) is 50.8 Å². The lowest BCUT2D eigenvalue weighted by molar-refractivity contribution is 0.0502. The van der Waals surface area contributed by atoms with Gasteiger partial charge in [0.1, 0.15) is 29.2 Å². The minimum Gasteiger partial charge on any atom is -0.396 e. The Hall–Kier alpha value is 0.470. The molecule has 766 valence electrons. The third-order valence-electron chi connectivity index (χ3n) is 11.3.